The van der Waals surface area contributed by atoms with Crippen molar-refractivity contribution in [2.75, 3.05) is 13.2 Å². The predicted molar refractivity (Wildman–Crippen MR) is 131 cm³/mol. The summed E-state index contributed by atoms with van der Waals surface area (Å²) in [5, 5.41) is 16.6. The molecule has 0 aromatic heterocycles. The first-order chi connectivity index (χ1) is 16.6. The molecule has 2 saturated heterocycles. The van der Waals surface area contributed by atoms with Gasteiger partial charge in [-0.3, -0.25) is 4.90 Å². The van der Waals surface area contributed by atoms with Crippen LogP contribution in [0.3, 0.4) is 0 Å². The Balaban J connectivity index is 1.33. The highest BCUT2D eigenvalue weighted by atomic mass is 16.6. The van der Waals surface area contributed by atoms with Gasteiger partial charge in [0.05, 0.1) is 30.9 Å². The molecule has 2 fully saturated rings. The quantitative estimate of drug-likeness (QED) is 0.423. The molecule has 1 amide bonds. The molecule has 4 aromatic carbocycles. The van der Waals surface area contributed by atoms with Gasteiger partial charge in [0.1, 0.15) is 6.61 Å². The van der Waals surface area contributed by atoms with Gasteiger partial charge in [-0.15, -0.1) is 0 Å². The number of ether oxygens (including phenoxy) is 2. The van der Waals surface area contributed by atoms with E-state index in [-0.39, 0.29) is 24.8 Å². The van der Waals surface area contributed by atoms with Crippen LogP contribution in [0, 0.1) is 0 Å². The van der Waals surface area contributed by atoms with Gasteiger partial charge in [-0.1, -0.05) is 78.9 Å². The molecule has 34 heavy (non-hydrogen) atoms. The number of amides is 1. The molecule has 5 heteroatoms. The van der Waals surface area contributed by atoms with Crippen molar-refractivity contribution in [1.29, 1.82) is 0 Å². The lowest BCUT2D eigenvalue weighted by molar-refractivity contribution is -0.136. The topological polar surface area (TPSA) is 59.0 Å². The Hall–Kier alpha value is -3.41. The first-order valence-corrected chi connectivity index (χ1v) is 11.8. The average molecular weight is 454 g/mol. The number of hydrogen-bond acceptors (Lipinski definition) is 4. The number of hydrogen-bond donors (Lipinski definition) is 1. The van der Waals surface area contributed by atoms with E-state index in [0.29, 0.717) is 26.1 Å². The number of aliphatic hydroxyl groups is 1. The molecule has 5 nitrogen and oxygen atoms in total. The van der Waals surface area contributed by atoms with Crippen LogP contribution in [0.4, 0.5) is 4.79 Å². The molecule has 0 aliphatic carbocycles. The molecule has 2 aliphatic heterocycles. The SMILES string of the molecule is O=C(OCc1ccccc1)N1C2COCC1CC(O)(c1cc3ccccc3c3ccccc13)C2. The summed E-state index contributed by atoms with van der Waals surface area (Å²) in [7, 11) is 0. The lowest BCUT2D eigenvalue weighted by Crippen LogP contribution is -2.62. The molecule has 0 radical (unpaired) electrons. The Morgan fingerprint density at radius 2 is 1.50 bits per heavy atom. The second-order valence-corrected chi connectivity index (χ2v) is 9.42. The van der Waals surface area contributed by atoms with E-state index in [1.807, 2.05) is 54.6 Å². The minimum atomic E-state index is -1.06. The summed E-state index contributed by atoms with van der Waals surface area (Å²) >= 11 is 0. The van der Waals surface area contributed by atoms with Gasteiger partial charge in [0.15, 0.2) is 0 Å². The first-order valence-electron chi connectivity index (χ1n) is 11.8. The maximum absolute atomic E-state index is 13.1. The summed E-state index contributed by atoms with van der Waals surface area (Å²) < 4.78 is 11.5. The monoisotopic (exact) mass is 453 g/mol. The van der Waals surface area contributed by atoms with Crippen LogP contribution in [0.15, 0.2) is 84.9 Å². The zero-order chi connectivity index (χ0) is 23.1. The highest BCUT2D eigenvalue weighted by Crippen LogP contribution is 2.45. The molecule has 6 rings (SSSR count). The summed E-state index contributed by atoms with van der Waals surface area (Å²) in [5.41, 5.74) is 0.822. The number of morpholine rings is 1. The lowest BCUT2D eigenvalue weighted by atomic mass is 9.75. The molecule has 0 saturated carbocycles. The fourth-order valence-electron chi connectivity index (χ4n) is 5.73. The Kier molecular flexibility index (Phi) is 5.24. The Morgan fingerprint density at radius 1 is 0.882 bits per heavy atom. The fourth-order valence-corrected chi connectivity index (χ4v) is 5.73. The van der Waals surface area contributed by atoms with Crippen molar-refractivity contribution < 1.29 is 19.4 Å². The Bertz CT molecular complexity index is 1340. The number of carbonyl (C=O) groups excluding carboxylic acids is 1. The number of rotatable bonds is 3. The van der Waals surface area contributed by atoms with Gasteiger partial charge in [0.2, 0.25) is 0 Å². The molecule has 2 unspecified atom stereocenters. The minimum Gasteiger partial charge on any atom is -0.445 e. The summed E-state index contributed by atoms with van der Waals surface area (Å²) in [6, 6.07) is 27.9. The highest BCUT2D eigenvalue weighted by Gasteiger charge is 2.50. The molecular formula is C29H27NO4. The van der Waals surface area contributed by atoms with Crippen LogP contribution in [0.25, 0.3) is 21.5 Å². The lowest BCUT2D eigenvalue weighted by Gasteiger charge is -2.51. The third kappa shape index (κ3) is 3.61. The normalized spacial score (nSPS) is 24.3. The first kappa shape index (κ1) is 21.1. The second kappa shape index (κ2) is 8.42. The van der Waals surface area contributed by atoms with Crippen LogP contribution in [-0.4, -0.2) is 41.4 Å². The summed E-state index contributed by atoms with van der Waals surface area (Å²) in [5.74, 6) is 0. The van der Waals surface area contributed by atoms with E-state index in [2.05, 4.69) is 30.3 Å². The maximum Gasteiger partial charge on any atom is 0.410 e. The zero-order valence-electron chi connectivity index (χ0n) is 18.9. The number of piperidine rings is 1. The van der Waals surface area contributed by atoms with E-state index in [9.17, 15) is 9.90 Å². The van der Waals surface area contributed by atoms with E-state index in [0.717, 1.165) is 27.3 Å². The fraction of sp³-hybridized carbons (Fsp3) is 0.276. The van der Waals surface area contributed by atoms with Gasteiger partial charge >= 0.3 is 6.09 Å². The van der Waals surface area contributed by atoms with Crippen LogP contribution >= 0.6 is 0 Å². The van der Waals surface area contributed by atoms with Crippen molar-refractivity contribution in [2.45, 2.75) is 37.1 Å². The van der Waals surface area contributed by atoms with Gasteiger partial charge in [0.25, 0.3) is 0 Å². The van der Waals surface area contributed by atoms with Gasteiger partial charge in [0, 0.05) is 12.8 Å². The van der Waals surface area contributed by atoms with Crippen LogP contribution in [0.5, 0.6) is 0 Å². The van der Waals surface area contributed by atoms with Crippen molar-refractivity contribution in [1.82, 2.24) is 4.90 Å². The van der Waals surface area contributed by atoms with Crippen molar-refractivity contribution in [3.05, 3.63) is 96.1 Å². The van der Waals surface area contributed by atoms with Gasteiger partial charge in [-0.05, 0) is 38.7 Å². The molecule has 2 aliphatic rings. The van der Waals surface area contributed by atoms with Crippen LogP contribution in [-0.2, 0) is 21.7 Å². The smallest absolute Gasteiger partial charge is 0.410 e. The third-order valence-corrected chi connectivity index (χ3v) is 7.24. The number of fused-ring (bicyclic) bond motifs is 5. The molecular weight excluding hydrogens is 426 g/mol. The molecule has 172 valence electrons. The largest absolute Gasteiger partial charge is 0.445 e. The van der Waals surface area contributed by atoms with E-state index >= 15 is 0 Å². The van der Waals surface area contributed by atoms with Crippen molar-refractivity contribution in [3.8, 4) is 0 Å². The predicted octanol–water partition coefficient (Wildman–Crippen LogP) is 5.38. The Labute approximate surface area is 198 Å². The molecule has 2 bridgehead atoms. The van der Waals surface area contributed by atoms with Crippen LogP contribution < -0.4 is 0 Å². The van der Waals surface area contributed by atoms with E-state index < -0.39 is 5.60 Å². The third-order valence-electron chi connectivity index (χ3n) is 7.24. The molecule has 1 N–H and O–H groups in total. The molecule has 2 atom stereocenters. The number of carbonyl (C=O) groups is 1. The van der Waals surface area contributed by atoms with Crippen molar-refractivity contribution >= 4 is 27.6 Å². The summed E-state index contributed by atoms with van der Waals surface area (Å²) in [6.45, 7) is 1.02. The van der Waals surface area contributed by atoms with E-state index in [4.69, 9.17) is 9.47 Å². The van der Waals surface area contributed by atoms with Crippen molar-refractivity contribution in [3.63, 3.8) is 0 Å². The summed E-state index contributed by atoms with van der Waals surface area (Å²) in [6.07, 6.45) is 0.478. The molecule has 0 spiro atoms. The number of nitrogens with zero attached hydrogens (tertiary/aromatic N) is 1. The maximum atomic E-state index is 13.1. The van der Waals surface area contributed by atoms with Gasteiger partial charge in [-0.25, -0.2) is 4.79 Å². The van der Waals surface area contributed by atoms with Crippen LogP contribution in [0.2, 0.25) is 0 Å². The van der Waals surface area contributed by atoms with Gasteiger partial charge < -0.3 is 14.6 Å². The zero-order valence-corrected chi connectivity index (χ0v) is 18.9. The van der Waals surface area contributed by atoms with E-state index in [1.165, 1.54) is 5.39 Å². The second-order valence-electron chi connectivity index (χ2n) is 9.42. The van der Waals surface area contributed by atoms with E-state index in [1.54, 1.807) is 4.90 Å². The molecule has 2 heterocycles. The average Bonchev–Trinajstić information content (AvgIpc) is 2.87. The highest BCUT2D eigenvalue weighted by molar-refractivity contribution is 6.09. The summed E-state index contributed by atoms with van der Waals surface area (Å²) in [4.78, 5) is 14.9. The number of benzene rings is 4. The van der Waals surface area contributed by atoms with Gasteiger partial charge in [-0.2, -0.15) is 0 Å². The Morgan fingerprint density at radius 3 is 2.24 bits per heavy atom. The van der Waals surface area contributed by atoms with Crippen molar-refractivity contribution in [2.24, 2.45) is 0 Å². The minimum absolute atomic E-state index is 0.232. The molecule has 4 aromatic rings. The standard InChI is InChI=1S/C29H27NO4/c31-28(34-17-20-8-2-1-3-9-20)30-22-15-29(32,16-23(30)19-33-18-22)27-14-21-10-4-5-11-24(21)25-12-6-7-13-26(25)27/h1-14,22-23,32H,15-19H2. The van der Waals surface area contributed by atoms with Crippen LogP contribution in [0.1, 0.15) is 24.0 Å².